The molecule has 1 aromatic carbocycles. The molecule has 3 N–H and O–H groups in total. The monoisotopic (exact) mass is 306 g/mol. The van der Waals surface area contributed by atoms with Gasteiger partial charge in [0.15, 0.2) is 0 Å². The van der Waals surface area contributed by atoms with Crippen molar-refractivity contribution in [1.82, 2.24) is 10.2 Å². The van der Waals surface area contributed by atoms with E-state index >= 15 is 0 Å². The van der Waals surface area contributed by atoms with Crippen LogP contribution < -0.4 is 10.0 Å². The average Bonchev–Trinajstić information content (AvgIpc) is 2.86. The lowest BCUT2D eigenvalue weighted by Gasteiger charge is -2.05. The minimum Gasteiger partial charge on any atom is -0.365 e. The number of benzene rings is 1. The van der Waals surface area contributed by atoms with Crippen LogP contribution in [0.15, 0.2) is 42.5 Å². The Bertz CT molecular complexity index is 735. The molecular weight excluding hydrogens is 288 g/mol. The third-order valence-corrected chi connectivity index (χ3v) is 3.30. The van der Waals surface area contributed by atoms with Gasteiger partial charge in [0.05, 0.1) is 11.9 Å². The fourth-order valence-electron chi connectivity index (χ4n) is 1.81. The van der Waals surface area contributed by atoms with Gasteiger partial charge in [0, 0.05) is 23.9 Å². The molecule has 21 heavy (non-hydrogen) atoms. The van der Waals surface area contributed by atoms with Gasteiger partial charge in [0.2, 0.25) is 10.0 Å². The fourth-order valence-corrected chi connectivity index (χ4v) is 2.36. The predicted octanol–water partition coefficient (Wildman–Crippen LogP) is 2.44. The highest BCUT2D eigenvalue weighted by Crippen LogP contribution is 2.23. The van der Waals surface area contributed by atoms with Crippen LogP contribution >= 0.6 is 0 Å². The molecular formula is C14H18N4O2S. The van der Waals surface area contributed by atoms with Gasteiger partial charge in [-0.3, -0.25) is 9.82 Å². The second-order valence-electron chi connectivity index (χ2n) is 4.57. The number of anilines is 2. The van der Waals surface area contributed by atoms with Gasteiger partial charge < -0.3 is 5.32 Å². The largest absolute Gasteiger partial charge is 0.365 e. The van der Waals surface area contributed by atoms with E-state index in [9.17, 15) is 8.42 Å². The minimum atomic E-state index is -3.28. The van der Waals surface area contributed by atoms with Gasteiger partial charge >= 0.3 is 0 Å². The van der Waals surface area contributed by atoms with Crippen LogP contribution in [0.25, 0.3) is 11.3 Å². The third kappa shape index (κ3) is 4.64. The quantitative estimate of drug-likeness (QED) is 0.715. The second kappa shape index (κ2) is 6.45. The number of nitrogens with one attached hydrogen (secondary N) is 3. The van der Waals surface area contributed by atoms with Crippen LogP contribution in [0.4, 0.5) is 11.5 Å². The Morgan fingerprint density at radius 2 is 2.14 bits per heavy atom. The number of rotatable bonds is 6. The van der Waals surface area contributed by atoms with E-state index in [1.165, 1.54) is 0 Å². The number of allylic oxidation sites excluding steroid dienone is 1. The van der Waals surface area contributed by atoms with Crippen molar-refractivity contribution in [2.75, 3.05) is 22.8 Å². The summed E-state index contributed by atoms with van der Waals surface area (Å²) in [6, 6.07) is 9.01. The number of aromatic nitrogens is 2. The molecule has 2 rings (SSSR count). The Labute approximate surface area is 124 Å². The summed E-state index contributed by atoms with van der Waals surface area (Å²) in [5.74, 6) is 0.740. The molecule has 0 aliphatic heterocycles. The molecule has 0 aliphatic rings. The topological polar surface area (TPSA) is 86.9 Å². The molecule has 0 spiro atoms. The van der Waals surface area contributed by atoms with Crippen molar-refractivity contribution in [1.29, 1.82) is 0 Å². The zero-order chi connectivity index (χ0) is 15.3. The molecule has 0 aliphatic carbocycles. The molecule has 0 saturated heterocycles. The van der Waals surface area contributed by atoms with E-state index < -0.39 is 10.0 Å². The van der Waals surface area contributed by atoms with Crippen molar-refractivity contribution in [2.45, 2.75) is 6.92 Å². The average molecular weight is 306 g/mol. The van der Waals surface area contributed by atoms with E-state index in [-0.39, 0.29) is 0 Å². The maximum atomic E-state index is 11.3. The van der Waals surface area contributed by atoms with Gasteiger partial charge in [0.25, 0.3) is 0 Å². The van der Waals surface area contributed by atoms with Gasteiger partial charge in [-0.1, -0.05) is 24.3 Å². The third-order valence-electron chi connectivity index (χ3n) is 2.69. The number of aromatic amines is 1. The van der Waals surface area contributed by atoms with Gasteiger partial charge in [-0.05, 0) is 19.1 Å². The van der Waals surface area contributed by atoms with Crippen molar-refractivity contribution in [3.63, 3.8) is 0 Å². The van der Waals surface area contributed by atoms with E-state index in [4.69, 9.17) is 0 Å². The first-order valence-corrected chi connectivity index (χ1v) is 8.36. The Morgan fingerprint density at radius 1 is 1.33 bits per heavy atom. The lowest BCUT2D eigenvalue weighted by Crippen LogP contribution is -2.09. The Balaban J connectivity index is 2.16. The van der Waals surface area contributed by atoms with Crippen molar-refractivity contribution < 1.29 is 8.42 Å². The predicted molar refractivity (Wildman–Crippen MR) is 85.8 cm³/mol. The number of hydrogen-bond donors (Lipinski definition) is 3. The van der Waals surface area contributed by atoms with Gasteiger partial charge in [0.1, 0.15) is 5.82 Å². The summed E-state index contributed by atoms with van der Waals surface area (Å²) in [6.45, 7) is 2.66. The second-order valence-corrected chi connectivity index (χ2v) is 6.32. The normalized spacial score (nSPS) is 11.7. The van der Waals surface area contributed by atoms with Crippen molar-refractivity contribution >= 4 is 21.5 Å². The Kier molecular flexibility index (Phi) is 4.64. The van der Waals surface area contributed by atoms with E-state index in [0.717, 1.165) is 23.3 Å². The fraction of sp³-hybridized carbons (Fsp3) is 0.214. The summed E-state index contributed by atoms with van der Waals surface area (Å²) in [6.07, 6.45) is 5.07. The van der Waals surface area contributed by atoms with Crippen molar-refractivity contribution in [3.05, 3.63) is 42.5 Å². The molecule has 0 saturated carbocycles. The van der Waals surface area contributed by atoms with Gasteiger partial charge in [-0.25, -0.2) is 8.42 Å². The molecule has 2 aromatic rings. The molecule has 6 nitrogen and oxygen atoms in total. The summed E-state index contributed by atoms with van der Waals surface area (Å²) in [5, 5.41) is 10.2. The Morgan fingerprint density at radius 3 is 2.86 bits per heavy atom. The lowest BCUT2D eigenvalue weighted by atomic mass is 10.1. The molecule has 0 atom stereocenters. The molecule has 0 radical (unpaired) electrons. The van der Waals surface area contributed by atoms with Crippen LogP contribution in [0.1, 0.15) is 6.92 Å². The summed E-state index contributed by atoms with van der Waals surface area (Å²) in [4.78, 5) is 0. The molecule has 112 valence electrons. The maximum Gasteiger partial charge on any atom is 0.229 e. The standard InChI is InChI=1S/C14H18N4O2S/c1-3-4-8-15-14-10-13(16-17-14)11-6-5-7-12(9-11)18-21(2,19)20/h3-7,9-10,18H,8H2,1-2H3,(H2,15,16,17)/b4-3-. The van der Waals surface area contributed by atoms with Crippen LogP contribution in [0.2, 0.25) is 0 Å². The molecule has 0 amide bonds. The molecule has 7 heteroatoms. The lowest BCUT2D eigenvalue weighted by molar-refractivity contribution is 0.607. The van der Waals surface area contributed by atoms with E-state index in [1.54, 1.807) is 18.2 Å². The zero-order valence-corrected chi connectivity index (χ0v) is 12.7. The SMILES string of the molecule is C/C=C\CNc1cc(-c2cccc(NS(C)(=O)=O)c2)[nH]n1. The first-order valence-electron chi connectivity index (χ1n) is 6.46. The molecule has 1 heterocycles. The van der Waals surface area contributed by atoms with Crippen molar-refractivity contribution in [3.8, 4) is 11.3 Å². The van der Waals surface area contributed by atoms with Crippen LogP contribution in [0.5, 0.6) is 0 Å². The van der Waals surface area contributed by atoms with Crippen LogP contribution in [-0.4, -0.2) is 31.4 Å². The first-order chi connectivity index (χ1) is 9.98. The summed E-state index contributed by atoms with van der Waals surface area (Å²) in [5.41, 5.74) is 2.19. The van der Waals surface area contributed by atoms with E-state index in [0.29, 0.717) is 12.2 Å². The number of sulfonamides is 1. The highest BCUT2D eigenvalue weighted by atomic mass is 32.2. The molecule has 0 unspecified atom stereocenters. The highest BCUT2D eigenvalue weighted by Gasteiger charge is 2.06. The van der Waals surface area contributed by atoms with E-state index in [2.05, 4.69) is 20.2 Å². The molecule has 1 aromatic heterocycles. The highest BCUT2D eigenvalue weighted by molar-refractivity contribution is 7.92. The first kappa shape index (κ1) is 15.1. The van der Waals surface area contributed by atoms with Crippen LogP contribution in [0.3, 0.4) is 0 Å². The van der Waals surface area contributed by atoms with Gasteiger partial charge in [-0.2, -0.15) is 5.10 Å². The number of nitrogens with zero attached hydrogens (tertiary/aromatic N) is 1. The van der Waals surface area contributed by atoms with Gasteiger partial charge in [-0.15, -0.1) is 0 Å². The summed E-state index contributed by atoms with van der Waals surface area (Å²) < 4.78 is 25.0. The van der Waals surface area contributed by atoms with Crippen LogP contribution in [0, 0.1) is 0 Å². The maximum absolute atomic E-state index is 11.3. The number of hydrogen-bond acceptors (Lipinski definition) is 4. The minimum absolute atomic E-state index is 0.521. The Hall–Kier alpha value is -2.28. The number of H-pyrrole nitrogens is 1. The van der Waals surface area contributed by atoms with Crippen molar-refractivity contribution in [2.24, 2.45) is 0 Å². The zero-order valence-electron chi connectivity index (χ0n) is 11.9. The smallest absolute Gasteiger partial charge is 0.229 e. The summed E-state index contributed by atoms with van der Waals surface area (Å²) >= 11 is 0. The molecule has 0 fully saturated rings. The summed E-state index contributed by atoms with van der Waals surface area (Å²) in [7, 11) is -3.28. The molecule has 0 bridgehead atoms. The van der Waals surface area contributed by atoms with E-state index in [1.807, 2.05) is 31.2 Å². The van der Waals surface area contributed by atoms with Crippen LogP contribution in [-0.2, 0) is 10.0 Å².